The van der Waals surface area contributed by atoms with E-state index >= 15 is 0 Å². The summed E-state index contributed by atoms with van der Waals surface area (Å²) in [6, 6.07) is 12.1. The van der Waals surface area contributed by atoms with Crippen molar-refractivity contribution in [3.05, 3.63) is 61.2 Å². The molecule has 98 valence electrons. The van der Waals surface area contributed by atoms with Gasteiger partial charge in [0.15, 0.2) is 23.8 Å². The molecule has 3 rings (SSSR count). The van der Waals surface area contributed by atoms with Crippen LogP contribution < -0.4 is 9.13 Å². The van der Waals surface area contributed by atoms with Crippen LogP contribution in [0.4, 0.5) is 0 Å². The van der Waals surface area contributed by atoms with Gasteiger partial charge in [-0.05, 0) is 12.1 Å². The molecule has 4 nitrogen and oxygen atoms in total. The number of nitrogens with zero attached hydrogens (tertiary/aromatic N) is 4. The van der Waals surface area contributed by atoms with E-state index in [0.29, 0.717) is 0 Å². The normalized spacial score (nSPS) is 10.5. The SMILES string of the molecule is C[n+]1ccccc1-c1nccnc1-c1cccc[n+]1C. The number of hydrogen-bond donors (Lipinski definition) is 0. The van der Waals surface area contributed by atoms with Crippen molar-refractivity contribution in [2.45, 2.75) is 0 Å². The Kier molecular flexibility index (Phi) is 3.21. The van der Waals surface area contributed by atoms with E-state index in [4.69, 9.17) is 0 Å². The molecule has 0 atom stereocenters. The van der Waals surface area contributed by atoms with E-state index < -0.39 is 0 Å². The lowest BCUT2D eigenvalue weighted by Crippen LogP contribution is -2.32. The van der Waals surface area contributed by atoms with Gasteiger partial charge in [-0.3, -0.25) is 0 Å². The van der Waals surface area contributed by atoms with Crippen molar-refractivity contribution in [2.24, 2.45) is 14.1 Å². The van der Waals surface area contributed by atoms with Crippen molar-refractivity contribution >= 4 is 0 Å². The minimum absolute atomic E-state index is 0.886. The van der Waals surface area contributed by atoms with Gasteiger partial charge < -0.3 is 0 Å². The summed E-state index contributed by atoms with van der Waals surface area (Å²) in [5.41, 5.74) is 3.86. The van der Waals surface area contributed by atoms with Crippen LogP contribution in [-0.2, 0) is 14.1 Å². The van der Waals surface area contributed by atoms with E-state index in [-0.39, 0.29) is 0 Å². The summed E-state index contributed by atoms with van der Waals surface area (Å²) < 4.78 is 4.10. The summed E-state index contributed by atoms with van der Waals surface area (Å²) in [5.74, 6) is 0. The highest BCUT2D eigenvalue weighted by Crippen LogP contribution is 2.23. The highest BCUT2D eigenvalue weighted by molar-refractivity contribution is 5.70. The van der Waals surface area contributed by atoms with Crippen molar-refractivity contribution in [3.63, 3.8) is 0 Å². The summed E-state index contributed by atoms with van der Waals surface area (Å²) in [7, 11) is 4.03. The summed E-state index contributed by atoms with van der Waals surface area (Å²) >= 11 is 0. The first-order chi connectivity index (χ1) is 9.77. The van der Waals surface area contributed by atoms with Crippen LogP contribution in [0.1, 0.15) is 0 Å². The molecule has 3 aromatic heterocycles. The Morgan fingerprint density at radius 2 is 1.15 bits per heavy atom. The van der Waals surface area contributed by atoms with Crippen LogP contribution in [0.3, 0.4) is 0 Å². The molecule has 0 saturated carbocycles. The lowest BCUT2D eigenvalue weighted by Gasteiger charge is -2.04. The fourth-order valence-electron chi connectivity index (χ4n) is 2.25. The number of pyridine rings is 2. The largest absolute Gasteiger partial charge is 0.246 e. The van der Waals surface area contributed by atoms with Gasteiger partial charge in [-0.2, -0.15) is 9.13 Å². The minimum atomic E-state index is 0.886. The Bertz CT molecular complexity index is 688. The minimum Gasteiger partial charge on any atom is -0.246 e. The zero-order valence-corrected chi connectivity index (χ0v) is 11.6. The van der Waals surface area contributed by atoms with E-state index in [1.54, 1.807) is 12.4 Å². The van der Waals surface area contributed by atoms with E-state index in [9.17, 15) is 0 Å². The Labute approximate surface area is 118 Å². The molecule has 4 heteroatoms. The van der Waals surface area contributed by atoms with Gasteiger partial charge in [-0.1, -0.05) is 0 Å². The third-order valence-corrected chi connectivity index (χ3v) is 3.29. The molecule has 0 spiro atoms. The van der Waals surface area contributed by atoms with Crippen molar-refractivity contribution < 1.29 is 9.13 Å². The van der Waals surface area contributed by atoms with Gasteiger partial charge in [0.25, 0.3) is 0 Å². The first-order valence-electron chi connectivity index (χ1n) is 6.48. The summed E-state index contributed by atoms with van der Waals surface area (Å²) in [5, 5.41) is 0. The van der Waals surface area contributed by atoms with E-state index in [1.165, 1.54) is 0 Å². The molecule has 20 heavy (non-hydrogen) atoms. The van der Waals surface area contributed by atoms with E-state index in [0.717, 1.165) is 22.8 Å². The van der Waals surface area contributed by atoms with Crippen molar-refractivity contribution in [3.8, 4) is 22.8 Å². The average molecular weight is 264 g/mol. The second-order valence-electron chi connectivity index (χ2n) is 4.65. The predicted octanol–water partition coefficient (Wildman–Crippen LogP) is 1.46. The van der Waals surface area contributed by atoms with Crippen LogP contribution in [0.25, 0.3) is 22.8 Å². The van der Waals surface area contributed by atoms with Crippen molar-refractivity contribution in [2.75, 3.05) is 0 Å². The molecule has 0 N–H and O–H groups in total. The fraction of sp³-hybridized carbons (Fsp3) is 0.125. The lowest BCUT2D eigenvalue weighted by molar-refractivity contribution is -0.662. The van der Waals surface area contributed by atoms with Gasteiger partial charge in [0.05, 0.1) is 0 Å². The van der Waals surface area contributed by atoms with Crippen LogP contribution in [0, 0.1) is 0 Å². The number of aromatic nitrogens is 4. The first kappa shape index (κ1) is 12.4. The maximum Gasteiger partial charge on any atom is 0.233 e. The van der Waals surface area contributed by atoms with Gasteiger partial charge in [0.1, 0.15) is 14.1 Å². The molecule has 0 radical (unpaired) electrons. The van der Waals surface area contributed by atoms with Gasteiger partial charge >= 0.3 is 0 Å². The molecule has 0 bridgehead atoms. The first-order valence-corrected chi connectivity index (χ1v) is 6.48. The zero-order valence-electron chi connectivity index (χ0n) is 11.6. The molecule has 0 saturated heterocycles. The van der Waals surface area contributed by atoms with Crippen molar-refractivity contribution in [1.82, 2.24) is 9.97 Å². The topological polar surface area (TPSA) is 33.5 Å². The van der Waals surface area contributed by atoms with Crippen LogP contribution in [-0.4, -0.2) is 9.97 Å². The summed E-state index contributed by atoms with van der Waals surface area (Å²) in [6.45, 7) is 0. The lowest BCUT2D eigenvalue weighted by atomic mass is 10.1. The molecule has 0 unspecified atom stereocenters. The molecule has 0 aromatic carbocycles. The molecule has 0 aliphatic carbocycles. The number of aryl methyl sites for hydroxylation is 2. The Morgan fingerprint density at radius 3 is 1.55 bits per heavy atom. The van der Waals surface area contributed by atoms with Crippen LogP contribution in [0.15, 0.2) is 61.2 Å². The maximum atomic E-state index is 4.53. The number of rotatable bonds is 2. The van der Waals surface area contributed by atoms with E-state index in [2.05, 4.69) is 31.2 Å². The smallest absolute Gasteiger partial charge is 0.233 e. The molecule has 0 fully saturated rings. The quantitative estimate of drug-likeness (QED) is 0.657. The Morgan fingerprint density at radius 1 is 0.700 bits per heavy atom. The molecule has 0 aliphatic rings. The summed E-state index contributed by atoms with van der Waals surface area (Å²) in [4.78, 5) is 9.06. The average Bonchev–Trinajstić information content (AvgIpc) is 2.48. The van der Waals surface area contributed by atoms with Gasteiger partial charge in [0, 0.05) is 36.7 Å². The monoisotopic (exact) mass is 264 g/mol. The highest BCUT2D eigenvalue weighted by Gasteiger charge is 2.21. The summed E-state index contributed by atoms with van der Waals surface area (Å²) in [6.07, 6.45) is 7.49. The van der Waals surface area contributed by atoms with Crippen molar-refractivity contribution in [1.29, 1.82) is 0 Å². The molecule has 0 amide bonds. The second kappa shape index (κ2) is 5.17. The van der Waals surface area contributed by atoms with Crippen LogP contribution in [0.2, 0.25) is 0 Å². The van der Waals surface area contributed by atoms with E-state index in [1.807, 2.05) is 50.8 Å². The zero-order chi connectivity index (χ0) is 13.9. The van der Waals surface area contributed by atoms with Gasteiger partial charge in [0.2, 0.25) is 11.4 Å². The molecule has 0 aliphatic heterocycles. The highest BCUT2D eigenvalue weighted by atomic mass is 15.0. The third-order valence-electron chi connectivity index (χ3n) is 3.29. The number of hydrogen-bond acceptors (Lipinski definition) is 2. The Balaban J connectivity index is 2.25. The molecular weight excluding hydrogens is 248 g/mol. The van der Waals surface area contributed by atoms with Crippen LogP contribution in [0.5, 0.6) is 0 Å². The van der Waals surface area contributed by atoms with Crippen LogP contribution >= 0.6 is 0 Å². The molecule has 3 aromatic rings. The van der Waals surface area contributed by atoms with Gasteiger partial charge in [-0.25, -0.2) is 9.97 Å². The molecular formula is C16H16N4+2. The van der Waals surface area contributed by atoms with Gasteiger partial charge in [-0.15, -0.1) is 0 Å². The standard InChI is InChI=1S/C16H16N4/c1-19-11-5-3-7-13(19)15-16(18-10-9-17-15)14-8-4-6-12-20(14)2/h3-12H,1-2H3/q+2. The third kappa shape index (κ3) is 2.16. The molecule has 3 heterocycles. The second-order valence-corrected chi connectivity index (χ2v) is 4.65. The fourth-order valence-corrected chi connectivity index (χ4v) is 2.25. The Hall–Kier alpha value is -2.62. The predicted molar refractivity (Wildman–Crippen MR) is 75.3 cm³/mol. The maximum absolute atomic E-state index is 4.53.